The van der Waals surface area contributed by atoms with E-state index < -0.39 is 10.7 Å². The van der Waals surface area contributed by atoms with Crippen molar-refractivity contribution in [2.45, 2.75) is 19.5 Å². The summed E-state index contributed by atoms with van der Waals surface area (Å²) in [5.74, 6) is 0.0459. The van der Waals surface area contributed by atoms with Crippen LogP contribution in [0.25, 0.3) is 5.65 Å². The van der Waals surface area contributed by atoms with Crippen LogP contribution in [0, 0.1) is 15.9 Å². The zero-order valence-corrected chi connectivity index (χ0v) is 12.3. The predicted octanol–water partition coefficient (Wildman–Crippen LogP) is 2.63. The molecule has 1 N–H and O–H groups in total. The van der Waals surface area contributed by atoms with E-state index in [4.69, 9.17) is 0 Å². The molecule has 8 heteroatoms. The van der Waals surface area contributed by atoms with Gasteiger partial charge in [-0.1, -0.05) is 12.1 Å². The zero-order valence-electron chi connectivity index (χ0n) is 12.3. The molecule has 0 aliphatic rings. The summed E-state index contributed by atoms with van der Waals surface area (Å²) in [6.07, 6.45) is 1.83. The second kappa shape index (κ2) is 6.09. The van der Waals surface area contributed by atoms with Gasteiger partial charge in [0.05, 0.1) is 16.5 Å². The normalized spacial score (nSPS) is 12.4. The van der Waals surface area contributed by atoms with E-state index in [0.29, 0.717) is 11.5 Å². The third kappa shape index (κ3) is 2.88. The number of nitro benzene ring substituents is 1. The maximum atomic E-state index is 13.9. The van der Waals surface area contributed by atoms with Crippen molar-refractivity contribution < 1.29 is 9.31 Å². The number of benzene rings is 1. The van der Waals surface area contributed by atoms with Gasteiger partial charge >= 0.3 is 0 Å². The fraction of sp³-hybridized carbons (Fsp3) is 0.200. The molecule has 23 heavy (non-hydrogen) atoms. The summed E-state index contributed by atoms with van der Waals surface area (Å²) in [6.45, 7) is 1.86. The topological polar surface area (TPSA) is 85.4 Å². The fourth-order valence-corrected chi connectivity index (χ4v) is 2.39. The Kier molecular flexibility index (Phi) is 3.98. The van der Waals surface area contributed by atoms with Gasteiger partial charge in [0.2, 0.25) is 0 Å². The predicted molar refractivity (Wildman–Crippen MR) is 81.3 cm³/mol. The van der Waals surface area contributed by atoms with Crippen LogP contribution in [0.5, 0.6) is 0 Å². The quantitative estimate of drug-likeness (QED) is 0.578. The lowest BCUT2D eigenvalue weighted by Gasteiger charge is -2.12. The summed E-state index contributed by atoms with van der Waals surface area (Å²) in [5.41, 5.74) is 0.488. The minimum atomic E-state index is -0.606. The zero-order chi connectivity index (χ0) is 16.4. The number of nitrogens with one attached hydrogen (secondary N) is 1. The van der Waals surface area contributed by atoms with E-state index in [1.807, 2.05) is 35.7 Å². The van der Waals surface area contributed by atoms with Crippen LogP contribution in [0.3, 0.4) is 0 Å². The highest BCUT2D eigenvalue weighted by Gasteiger charge is 2.19. The molecule has 0 radical (unpaired) electrons. The van der Waals surface area contributed by atoms with E-state index in [9.17, 15) is 14.5 Å². The molecular weight excluding hydrogens is 301 g/mol. The minimum Gasteiger partial charge on any atom is -0.303 e. The Balaban J connectivity index is 1.82. The lowest BCUT2D eigenvalue weighted by Crippen LogP contribution is -2.21. The third-order valence-corrected chi connectivity index (χ3v) is 3.60. The van der Waals surface area contributed by atoms with E-state index in [2.05, 4.69) is 15.5 Å². The molecule has 0 aliphatic carbocycles. The standard InChI is InChI=1S/C15H14FN5O2/c1-10(15-19-18-14-7-2-3-8-20(14)15)17-9-11-12(16)5-4-6-13(11)21(22)23/h2-8,10,17H,9H2,1H3/t10-/m0/s1. The molecule has 3 aromatic rings. The van der Waals surface area contributed by atoms with Gasteiger partial charge in [-0.15, -0.1) is 10.2 Å². The van der Waals surface area contributed by atoms with Crippen LogP contribution < -0.4 is 5.32 Å². The van der Waals surface area contributed by atoms with Crippen molar-refractivity contribution >= 4 is 11.3 Å². The Morgan fingerprint density at radius 1 is 1.30 bits per heavy atom. The van der Waals surface area contributed by atoms with Crippen molar-refractivity contribution in [3.05, 3.63) is 69.9 Å². The molecule has 118 valence electrons. The average molecular weight is 315 g/mol. The highest BCUT2D eigenvalue weighted by atomic mass is 19.1. The van der Waals surface area contributed by atoms with Crippen LogP contribution in [0.1, 0.15) is 24.4 Å². The second-order valence-electron chi connectivity index (χ2n) is 5.08. The number of hydrogen-bond acceptors (Lipinski definition) is 5. The number of pyridine rings is 1. The molecule has 3 rings (SSSR count). The molecule has 0 saturated heterocycles. The van der Waals surface area contributed by atoms with Gasteiger partial charge in [0.25, 0.3) is 5.69 Å². The summed E-state index contributed by atoms with van der Waals surface area (Å²) in [5, 5.41) is 22.2. The van der Waals surface area contributed by atoms with Gasteiger partial charge in [-0.3, -0.25) is 14.5 Å². The lowest BCUT2D eigenvalue weighted by atomic mass is 10.1. The summed E-state index contributed by atoms with van der Waals surface area (Å²) >= 11 is 0. The number of hydrogen-bond donors (Lipinski definition) is 1. The van der Waals surface area contributed by atoms with Crippen molar-refractivity contribution in [3.8, 4) is 0 Å². The minimum absolute atomic E-state index is 0.0197. The highest BCUT2D eigenvalue weighted by Crippen LogP contribution is 2.22. The smallest absolute Gasteiger partial charge is 0.276 e. The van der Waals surface area contributed by atoms with E-state index in [1.165, 1.54) is 18.2 Å². The lowest BCUT2D eigenvalue weighted by molar-refractivity contribution is -0.385. The molecule has 2 heterocycles. The van der Waals surface area contributed by atoms with Gasteiger partial charge in [-0.25, -0.2) is 4.39 Å². The Labute approximate surface area is 130 Å². The van der Waals surface area contributed by atoms with E-state index in [-0.39, 0.29) is 23.8 Å². The largest absolute Gasteiger partial charge is 0.303 e. The van der Waals surface area contributed by atoms with Crippen molar-refractivity contribution in [2.24, 2.45) is 0 Å². The summed E-state index contributed by atoms with van der Waals surface area (Å²) in [6, 6.07) is 9.10. The maximum Gasteiger partial charge on any atom is 0.276 e. The van der Waals surface area contributed by atoms with Gasteiger partial charge in [-0.2, -0.15) is 0 Å². The first-order valence-electron chi connectivity index (χ1n) is 7.02. The molecule has 0 unspecified atom stereocenters. The summed E-state index contributed by atoms with van der Waals surface area (Å²) < 4.78 is 15.7. The molecule has 0 fully saturated rings. The van der Waals surface area contributed by atoms with Crippen LogP contribution >= 0.6 is 0 Å². The molecular formula is C15H14FN5O2. The van der Waals surface area contributed by atoms with Gasteiger partial charge < -0.3 is 5.32 Å². The van der Waals surface area contributed by atoms with Crippen molar-refractivity contribution in [1.29, 1.82) is 0 Å². The van der Waals surface area contributed by atoms with Gasteiger partial charge in [-0.05, 0) is 25.1 Å². The van der Waals surface area contributed by atoms with Crippen LogP contribution in [0.4, 0.5) is 10.1 Å². The average Bonchev–Trinajstić information content (AvgIpc) is 2.97. The SMILES string of the molecule is C[C@H](NCc1c(F)cccc1[N+](=O)[O-])c1nnc2ccccn12. The Hall–Kier alpha value is -2.87. The summed E-state index contributed by atoms with van der Waals surface area (Å²) in [4.78, 5) is 10.4. The van der Waals surface area contributed by atoms with Crippen LogP contribution in [-0.2, 0) is 6.54 Å². The molecule has 0 aliphatic heterocycles. The Morgan fingerprint density at radius 2 is 2.13 bits per heavy atom. The van der Waals surface area contributed by atoms with Gasteiger partial charge in [0, 0.05) is 18.8 Å². The number of nitrogens with zero attached hydrogens (tertiary/aromatic N) is 4. The molecule has 0 amide bonds. The number of halogens is 1. The monoisotopic (exact) mass is 315 g/mol. The molecule has 1 atom stereocenters. The Bertz CT molecular complexity index is 864. The van der Waals surface area contributed by atoms with Crippen molar-refractivity contribution in [3.63, 3.8) is 0 Å². The maximum absolute atomic E-state index is 13.9. The van der Waals surface area contributed by atoms with Gasteiger partial charge in [0.1, 0.15) is 5.82 Å². The van der Waals surface area contributed by atoms with Crippen molar-refractivity contribution in [1.82, 2.24) is 19.9 Å². The number of rotatable bonds is 5. The molecule has 0 bridgehead atoms. The number of fused-ring (bicyclic) bond motifs is 1. The van der Waals surface area contributed by atoms with E-state index >= 15 is 0 Å². The molecule has 0 saturated carbocycles. The first kappa shape index (κ1) is 15.0. The van der Waals surface area contributed by atoms with E-state index in [1.54, 1.807) is 0 Å². The van der Waals surface area contributed by atoms with Crippen molar-refractivity contribution in [2.75, 3.05) is 0 Å². The van der Waals surface area contributed by atoms with E-state index in [0.717, 1.165) is 0 Å². The second-order valence-corrected chi connectivity index (χ2v) is 5.08. The third-order valence-electron chi connectivity index (χ3n) is 3.60. The van der Waals surface area contributed by atoms with Crippen LogP contribution in [0.15, 0.2) is 42.6 Å². The Morgan fingerprint density at radius 3 is 2.91 bits per heavy atom. The molecule has 2 aromatic heterocycles. The van der Waals surface area contributed by atoms with Crippen LogP contribution in [-0.4, -0.2) is 19.5 Å². The number of nitro groups is 1. The molecule has 0 spiro atoms. The summed E-state index contributed by atoms with van der Waals surface area (Å²) in [7, 11) is 0. The van der Waals surface area contributed by atoms with Crippen LogP contribution in [0.2, 0.25) is 0 Å². The van der Waals surface area contributed by atoms with Gasteiger partial charge in [0.15, 0.2) is 11.5 Å². The number of aromatic nitrogens is 3. The first-order valence-corrected chi connectivity index (χ1v) is 7.02. The fourth-order valence-electron chi connectivity index (χ4n) is 2.39. The molecule has 1 aromatic carbocycles. The molecule has 7 nitrogen and oxygen atoms in total. The first-order chi connectivity index (χ1) is 11.1. The highest BCUT2D eigenvalue weighted by molar-refractivity contribution is 5.41.